The van der Waals surface area contributed by atoms with Crippen LogP contribution in [0.5, 0.6) is 0 Å². The van der Waals surface area contributed by atoms with Gasteiger partial charge >= 0.3 is 8.25 Å². The topological polar surface area (TPSA) is 66.8 Å². The molecule has 3 unspecified atom stereocenters. The van der Waals surface area contributed by atoms with Gasteiger partial charge in [0.25, 0.3) is 0 Å². The molecule has 1 rings (SSSR count). The molecule has 330 valence electrons. The summed E-state index contributed by atoms with van der Waals surface area (Å²) in [5.74, 6) is 0.550. The van der Waals surface area contributed by atoms with Crippen molar-refractivity contribution in [3.05, 3.63) is 23.0 Å². The van der Waals surface area contributed by atoms with E-state index in [4.69, 9.17) is 4.52 Å². The summed E-state index contributed by atoms with van der Waals surface area (Å²) in [6.45, 7) is 18.0. The molecular weight excluding hydrogens is 708 g/mol. The molecule has 0 saturated carbocycles. The summed E-state index contributed by atoms with van der Waals surface area (Å²) < 4.78 is 17.8. The minimum atomic E-state index is -2.70. The molecule has 0 saturated heterocycles. The monoisotopic (exact) mass is 806 g/mol. The summed E-state index contributed by atoms with van der Waals surface area (Å²) in [5.41, 5.74) is 1.21. The molecule has 0 fully saturated rings. The van der Waals surface area contributed by atoms with E-state index in [0.29, 0.717) is 5.76 Å². The van der Waals surface area contributed by atoms with Crippen molar-refractivity contribution < 1.29 is 19.1 Å². The molecule has 4 nitrogen and oxygen atoms in total. The molecule has 2 N–H and O–H groups in total. The molecular formula is C51H98O4P+. The minimum Gasteiger partial charge on any atom is -0.508 e. The maximum Gasteiger partial charge on any atom is 0.694 e. The van der Waals surface area contributed by atoms with Crippen LogP contribution in [0.25, 0.3) is 0 Å². The first kappa shape index (κ1) is 53.3. The van der Waals surface area contributed by atoms with Crippen LogP contribution >= 0.6 is 8.25 Å². The van der Waals surface area contributed by atoms with Crippen LogP contribution in [0.4, 0.5) is 0 Å². The largest absolute Gasteiger partial charge is 0.694 e. The second kappa shape index (κ2) is 32.1. The zero-order valence-corrected chi connectivity index (χ0v) is 40.0. The number of aliphatic hydroxyl groups is 1. The molecule has 0 radical (unpaired) electrons. The van der Waals surface area contributed by atoms with Crippen molar-refractivity contribution in [2.24, 2.45) is 22.2 Å². The summed E-state index contributed by atoms with van der Waals surface area (Å²) in [6, 6.07) is 0. The molecule has 0 bridgehead atoms. The van der Waals surface area contributed by atoms with Crippen LogP contribution in [-0.2, 0) is 9.09 Å². The van der Waals surface area contributed by atoms with Gasteiger partial charge in [-0.05, 0) is 40.7 Å². The summed E-state index contributed by atoms with van der Waals surface area (Å²) >= 11 is 0. The van der Waals surface area contributed by atoms with Gasteiger partial charge in [0.05, 0.1) is 0 Å². The lowest BCUT2D eigenvalue weighted by Crippen LogP contribution is -2.42. The third-order valence-electron chi connectivity index (χ3n) is 12.9. The van der Waals surface area contributed by atoms with Gasteiger partial charge in [-0.1, -0.05) is 267 Å². The zero-order chi connectivity index (χ0) is 41.5. The number of allylic oxidation sites excluding steroid dienone is 2. The van der Waals surface area contributed by atoms with E-state index in [0.717, 1.165) is 36.8 Å². The van der Waals surface area contributed by atoms with Crippen molar-refractivity contribution in [1.29, 1.82) is 0 Å². The lowest BCUT2D eigenvalue weighted by molar-refractivity contribution is 0.0937. The quantitative estimate of drug-likeness (QED) is 0.0485. The molecule has 0 aromatic rings. The Morgan fingerprint density at radius 3 is 1.16 bits per heavy atom. The van der Waals surface area contributed by atoms with Crippen molar-refractivity contribution in [2.75, 3.05) is 6.61 Å². The Morgan fingerprint density at radius 1 is 0.536 bits per heavy atom. The van der Waals surface area contributed by atoms with Crippen molar-refractivity contribution in [2.45, 2.75) is 274 Å². The van der Waals surface area contributed by atoms with Crippen molar-refractivity contribution in [3.63, 3.8) is 0 Å². The van der Waals surface area contributed by atoms with Gasteiger partial charge in [0.15, 0.2) is 0 Å². The maximum atomic E-state index is 12.1. The fourth-order valence-electron chi connectivity index (χ4n) is 9.47. The van der Waals surface area contributed by atoms with E-state index in [2.05, 4.69) is 61.5 Å². The number of rotatable bonds is 37. The second-order valence-corrected chi connectivity index (χ2v) is 21.0. The molecule has 1 aliphatic carbocycles. The predicted molar refractivity (Wildman–Crippen MR) is 247 cm³/mol. The standard InChI is InChI=1S/C51H97O4P/c1-9-11-13-15-17-19-21-23-25-27-29-31-33-35-37-39-41-45-47(50(6,7)8)48(52)46(49(3,4)5)43-51(45,44-55-56(53)54)42-40-38-36-34-32-30-28-26-24-22-20-18-16-14-12-10-2/h43,45H,9-42,44H2,1-8H3,(H-,52,53,54)/p+1. The van der Waals surface area contributed by atoms with Crippen LogP contribution < -0.4 is 0 Å². The minimum absolute atomic E-state index is 0.0894. The third-order valence-corrected chi connectivity index (χ3v) is 13.2. The highest BCUT2D eigenvalue weighted by atomic mass is 31.1. The smallest absolute Gasteiger partial charge is 0.508 e. The molecule has 0 aromatic heterocycles. The van der Waals surface area contributed by atoms with Crippen LogP contribution in [0.2, 0.25) is 0 Å². The van der Waals surface area contributed by atoms with E-state index in [-0.39, 0.29) is 23.4 Å². The lowest BCUT2D eigenvalue weighted by atomic mass is 9.57. The average molecular weight is 806 g/mol. The van der Waals surface area contributed by atoms with E-state index in [1.54, 1.807) is 0 Å². The first-order valence-corrected chi connectivity index (χ1v) is 25.9. The van der Waals surface area contributed by atoms with Gasteiger partial charge in [0, 0.05) is 9.98 Å². The summed E-state index contributed by atoms with van der Waals surface area (Å²) in [5, 5.41) is 12.0. The van der Waals surface area contributed by atoms with Crippen LogP contribution in [-0.4, -0.2) is 16.6 Å². The van der Waals surface area contributed by atoms with Gasteiger partial charge in [-0.3, -0.25) is 0 Å². The van der Waals surface area contributed by atoms with Gasteiger partial charge in [0.1, 0.15) is 12.4 Å². The molecule has 1 aliphatic rings. The van der Waals surface area contributed by atoms with Crippen LogP contribution in [0.3, 0.4) is 0 Å². The highest BCUT2D eigenvalue weighted by molar-refractivity contribution is 7.32. The van der Waals surface area contributed by atoms with Gasteiger partial charge < -0.3 is 5.11 Å². The van der Waals surface area contributed by atoms with Gasteiger partial charge in [-0.25, -0.2) is 0 Å². The Morgan fingerprint density at radius 2 is 0.857 bits per heavy atom. The predicted octanol–water partition coefficient (Wildman–Crippen LogP) is 18.4. The number of aliphatic hydroxyl groups excluding tert-OH is 1. The van der Waals surface area contributed by atoms with E-state index in [1.807, 2.05) is 0 Å². The van der Waals surface area contributed by atoms with Gasteiger partial charge in [0.2, 0.25) is 0 Å². The first-order chi connectivity index (χ1) is 26.8. The molecule has 0 aliphatic heterocycles. The van der Waals surface area contributed by atoms with Gasteiger partial charge in [-0.2, -0.15) is 0 Å². The van der Waals surface area contributed by atoms with Crippen LogP contribution in [0.15, 0.2) is 23.0 Å². The van der Waals surface area contributed by atoms with Gasteiger partial charge in [-0.15, -0.1) is 9.42 Å². The first-order valence-electron chi connectivity index (χ1n) is 24.8. The molecule has 0 heterocycles. The van der Waals surface area contributed by atoms with E-state index in [1.165, 1.54) is 193 Å². The van der Waals surface area contributed by atoms with E-state index < -0.39 is 13.7 Å². The second-order valence-electron chi connectivity index (χ2n) is 20.3. The highest BCUT2D eigenvalue weighted by Crippen LogP contribution is 2.56. The SMILES string of the molecule is CCCCCCCCCCCCCCCCCCC1C(C(C)(C)C)=C(O)C(C(C)(C)C)=CC1(CCCCCCCCCCCCCCCCCC)CO[P+](=O)O. The summed E-state index contributed by atoms with van der Waals surface area (Å²) in [4.78, 5) is 9.93. The molecule has 3 atom stereocenters. The molecule has 5 heteroatoms. The average Bonchev–Trinajstić information content (AvgIpc) is 3.13. The van der Waals surface area contributed by atoms with Crippen molar-refractivity contribution in [3.8, 4) is 0 Å². The molecule has 56 heavy (non-hydrogen) atoms. The Balaban J connectivity index is 2.71. The number of unbranched alkanes of at least 4 members (excludes halogenated alkanes) is 30. The Bertz CT molecular complexity index is 1030. The van der Waals surface area contributed by atoms with E-state index >= 15 is 0 Å². The fraction of sp³-hybridized carbons (Fsp3) is 0.922. The van der Waals surface area contributed by atoms with Crippen molar-refractivity contribution >= 4 is 8.25 Å². The number of hydrogen-bond acceptors (Lipinski definition) is 3. The number of hydrogen-bond donors (Lipinski definition) is 2. The van der Waals surface area contributed by atoms with Crippen LogP contribution in [0.1, 0.15) is 274 Å². The fourth-order valence-corrected chi connectivity index (χ4v) is 9.82. The summed E-state index contributed by atoms with van der Waals surface area (Å²) in [7, 11) is -2.70. The summed E-state index contributed by atoms with van der Waals surface area (Å²) in [6.07, 6.45) is 47.3. The lowest BCUT2D eigenvalue weighted by Gasteiger charge is -2.48. The Hall–Kier alpha value is -0.700. The Labute approximate surface area is 351 Å². The third kappa shape index (κ3) is 24.4. The molecule has 0 amide bonds. The van der Waals surface area contributed by atoms with Crippen LogP contribution in [0, 0.1) is 22.2 Å². The van der Waals surface area contributed by atoms with Crippen molar-refractivity contribution in [1.82, 2.24) is 0 Å². The molecule has 0 aromatic carbocycles. The Kier molecular flexibility index (Phi) is 30.6. The maximum absolute atomic E-state index is 12.1. The normalized spacial score (nSPS) is 18.2. The molecule has 0 spiro atoms. The highest BCUT2D eigenvalue weighted by Gasteiger charge is 2.49. The zero-order valence-electron chi connectivity index (χ0n) is 39.1. The van der Waals surface area contributed by atoms with E-state index in [9.17, 15) is 14.6 Å².